The van der Waals surface area contributed by atoms with Gasteiger partial charge in [0.25, 0.3) is 5.91 Å². The highest BCUT2D eigenvalue weighted by Crippen LogP contribution is 2.19. The monoisotopic (exact) mass is 243 g/mol. The molecule has 1 amide bonds. The third-order valence-corrected chi connectivity index (χ3v) is 2.71. The molecule has 0 aliphatic carbocycles. The van der Waals surface area contributed by atoms with Crippen LogP contribution in [0.1, 0.15) is 32.6 Å². The second kappa shape index (κ2) is 5.29. The first-order chi connectivity index (χ1) is 6.29. The zero-order chi connectivity index (χ0) is 9.68. The van der Waals surface area contributed by atoms with Crippen LogP contribution in [0.4, 0.5) is 0 Å². The third-order valence-electron chi connectivity index (χ3n) is 2.51. The fourth-order valence-electron chi connectivity index (χ4n) is 1.80. The topological polar surface area (TPSA) is 20.3 Å². The third kappa shape index (κ3) is 2.73. The Morgan fingerprint density at radius 1 is 1.62 bits per heavy atom. The lowest BCUT2D eigenvalue weighted by molar-refractivity contribution is -0.128. The molecule has 1 aliphatic rings. The van der Waals surface area contributed by atoms with Crippen molar-refractivity contribution in [1.29, 1.82) is 0 Å². The van der Waals surface area contributed by atoms with E-state index < -0.39 is 0 Å². The standard InChI is InChI=1S/C10H14BrNO/c1-2-9-5-3-4-8-12(9)10(13)6-7-11/h9H,2-5,8H2,1H3. The summed E-state index contributed by atoms with van der Waals surface area (Å²) < 4.78 is 0. The van der Waals surface area contributed by atoms with E-state index in [1.807, 2.05) is 4.90 Å². The van der Waals surface area contributed by atoms with E-state index in [-0.39, 0.29) is 5.91 Å². The molecule has 0 spiro atoms. The highest BCUT2D eigenvalue weighted by atomic mass is 79.9. The molecule has 1 atom stereocenters. The minimum Gasteiger partial charge on any atom is -0.329 e. The Labute approximate surface area is 87.8 Å². The average Bonchev–Trinajstić information content (AvgIpc) is 2.18. The maximum absolute atomic E-state index is 11.5. The molecule has 0 aromatic rings. The van der Waals surface area contributed by atoms with Crippen LogP contribution in [0.3, 0.4) is 0 Å². The Morgan fingerprint density at radius 3 is 3.00 bits per heavy atom. The summed E-state index contributed by atoms with van der Waals surface area (Å²) in [5.74, 6) is 2.49. The number of halogens is 1. The zero-order valence-electron chi connectivity index (χ0n) is 7.85. The van der Waals surface area contributed by atoms with Gasteiger partial charge in [-0.05, 0) is 30.5 Å². The van der Waals surface area contributed by atoms with Crippen LogP contribution in [-0.4, -0.2) is 23.4 Å². The summed E-state index contributed by atoms with van der Waals surface area (Å²) in [5, 5.41) is 0. The molecular formula is C10H14BrNO. The van der Waals surface area contributed by atoms with Gasteiger partial charge in [0.15, 0.2) is 0 Å². The normalized spacial score (nSPS) is 22.0. The number of amides is 1. The van der Waals surface area contributed by atoms with Crippen LogP contribution in [0.25, 0.3) is 0 Å². The van der Waals surface area contributed by atoms with E-state index in [0.717, 1.165) is 25.8 Å². The molecular weight excluding hydrogens is 230 g/mol. The predicted octanol–water partition coefficient (Wildman–Crippen LogP) is 2.13. The second-order valence-electron chi connectivity index (χ2n) is 3.28. The Morgan fingerprint density at radius 2 is 2.38 bits per heavy atom. The van der Waals surface area contributed by atoms with Crippen molar-refractivity contribution in [2.24, 2.45) is 0 Å². The lowest BCUT2D eigenvalue weighted by Crippen LogP contribution is -2.42. The maximum atomic E-state index is 11.5. The quantitative estimate of drug-likeness (QED) is 0.647. The molecule has 0 bridgehead atoms. The van der Waals surface area contributed by atoms with E-state index in [0.29, 0.717) is 6.04 Å². The fourth-order valence-corrected chi connectivity index (χ4v) is 1.97. The Hall–Kier alpha value is -0.490. The summed E-state index contributed by atoms with van der Waals surface area (Å²) in [5.41, 5.74) is 0. The molecule has 0 N–H and O–H groups in total. The van der Waals surface area contributed by atoms with Crippen molar-refractivity contribution in [3.63, 3.8) is 0 Å². The van der Waals surface area contributed by atoms with Crippen LogP contribution in [0.5, 0.6) is 0 Å². The summed E-state index contributed by atoms with van der Waals surface area (Å²) >= 11 is 2.95. The van der Waals surface area contributed by atoms with Gasteiger partial charge in [-0.25, -0.2) is 0 Å². The van der Waals surface area contributed by atoms with E-state index >= 15 is 0 Å². The smallest absolute Gasteiger partial charge is 0.299 e. The lowest BCUT2D eigenvalue weighted by Gasteiger charge is -2.33. The number of rotatable bonds is 1. The maximum Gasteiger partial charge on any atom is 0.299 e. The van der Waals surface area contributed by atoms with Crippen LogP contribution in [-0.2, 0) is 4.79 Å². The number of likely N-dealkylation sites (tertiary alicyclic amines) is 1. The summed E-state index contributed by atoms with van der Waals surface area (Å²) in [6.07, 6.45) is 4.53. The van der Waals surface area contributed by atoms with Gasteiger partial charge < -0.3 is 4.90 Å². The largest absolute Gasteiger partial charge is 0.329 e. The van der Waals surface area contributed by atoms with Gasteiger partial charge >= 0.3 is 0 Å². The zero-order valence-corrected chi connectivity index (χ0v) is 9.43. The van der Waals surface area contributed by atoms with Gasteiger partial charge in [-0.15, -0.1) is 0 Å². The van der Waals surface area contributed by atoms with Crippen molar-refractivity contribution in [3.05, 3.63) is 0 Å². The number of piperidine rings is 1. The molecule has 1 saturated heterocycles. The minimum absolute atomic E-state index is 0.0385. The molecule has 2 nitrogen and oxygen atoms in total. The summed E-state index contributed by atoms with van der Waals surface area (Å²) in [7, 11) is 0. The molecule has 1 fully saturated rings. The lowest BCUT2D eigenvalue weighted by atomic mass is 10.00. The predicted molar refractivity (Wildman–Crippen MR) is 56.3 cm³/mol. The number of carbonyl (C=O) groups excluding carboxylic acids is 1. The molecule has 0 aromatic carbocycles. The second-order valence-corrected chi connectivity index (χ2v) is 3.67. The van der Waals surface area contributed by atoms with E-state index in [1.165, 1.54) is 6.42 Å². The molecule has 0 radical (unpaired) electrons. The first kappa shape index (κ1) is 10.6. The Balaban J connectivity index is 2.62. The van der Waals surface area contributed by atoms with Crippen LogP contribution in [0.15, 0.2) is 0 Å². The highest BCUT2D eigenvalue weighted by Gasteiger charge is 2.23. The van der Waals surface area contributed by atoms with Gasteiger partial charge in [0.2, 0.25) is 0 Å². The molecule has 0 aromatic heterocycles. The molecule has 1 aliphatic heterocycles. The fraction of sp³-hybridized carbons (Fsp3) is 0.700. The van der Waals surface area contributed by atoms with Gasteiger partial charge in [-0.2, -0.15) is 0 Å². The van der Waals surface area contributed by atoms with Crippen LogP contribution in [0.2, 0.25) is 0 Å². The van der Waals surface area contributed by atoms with Crippen molar-refractivity contribution >= 4 is 21.8 Å². The highest BCUT2D eigenvalue weighted by molar-refractivity contribution is 9.12. The SMILES string of the molecule is CCC1CCCCN1C(=O)C#CBr. The molecule has 0 saturated carbocycles. The Kier molecular flexibility index (Phi) is 4.31. The van der Waals surface area contributed by atoms with Crippen molar-refractivity contribution in [1.82, 2.24) is 4.90 Å². The van der Waals surface area contributed by atoms with Crippen LogP contribution < -0.4 is 0 Å². The van der Waals surface area contributed by atoms with E-state index in [2.05, 4.69) is 33.6 Å². The van der Waals surface area contributed by atoms with Gasteiger partial charge in [0, 0.05) is 34.4 Å². The van der Waals surface area contributed by atoms with Crippen molar-refractivity contribution in [2.75, 3.05) is 6.54 Å². The summed E-state index contributed by atoms with van der Waals surface area (Å²) in [6.45, 7) is 3.00. The number of hydrogen-bond donors (Lipinski definition) is 0. The van der Waals surface area contributed by atoms with Crippen LogP contribution in [0, 0.1) is 10.8 Å². The first-order valence-electron chi connectivity index (χ1n) is 4.71. The molecule has 1 unspecified atom stereocenters. The van der Waals surface area contributed by atoms with Crippen molar-refractivity contribution in [3.8, 4) is 10.8 Å². The van der Waals surface area contributed by atoms with Gasteiger partial charge in [0.05, 0.1) is 0 Å². The van der Waals surface area contributed by atoms with Crippen LogP contribution >= 0.6 is 15.9 Å². The molecule has 13 heavy (non-hydrogen) atoms. The van der Waals surface area contributed by atoms with Gasteiger partial charge in [-0.3, -0.25) is 4.79 Å². The average molecular weight is 244 g/mol. The summed E-state index contributed by atoms with van der Waals surface area (Å²) in [4.78, 5) is 15.9. The van der Waals surface area contributed by atoms with Crippen molar-refractivity contribution in [2.45, 2.75) is 38.6 Å². The van der Waals surface area contributed by atoms with Gasteiger partial charge in [-0.1, -0.05) is 6.92 Å². The molecule has 3 heteroatoms. The molecule has 1 heterocycles. The van der Waals surface area contributed by atoms with E-state index in [4.69, 9.17) is 0 Å². The van der Waals surface area contributed by atoms with E-state index in [9.17, 15) is 4.79 Å². The summed E-state index contributed by atoms with van der Waals surface area (Å²) in [6, 6.07) is 0.412. The molecule has 72 valence electrons. The minimum atomic E-state index is -0.0385. The van der Waals surface area contributed by atoms with E-state index in [1.54, 1.807) is 0 Å². The number of nitrogens with zero attached hydrogens (tertiary/aromatic N) is 1. The Bertz CT molecular complexity index is 241. The van der Waals surface area contributed by atoms with Gasteiger partial charge in [0.1, 0.15) is 0 Å². The van der Waals surface area contributed by atoms with Crippen molar-refractivity contribution < 1.29 is 4.79 Å². The number of hydrogen-bond acceptors (Lipinski definition) is 1. The first-order valence-corrected chi connectivity index (χ1v) is 5.51. The molecule has 1 rings (SSSR count). The number of carbonyl (C=O) groups is 1.